The Labute approximate surface area is 299 Å². The number of piperazine rings is 1. The molecule has 0 spiro atoms. The predicted octanol–water partition coefficient (Wildman–Crippen LogP) is 2.52. The molecule has 51 heavy (non-hydrogen) atoms. The maximum absolute atomic E-state index is 14.2. The smallest absolute Gasteiger partial charge is 0.341 e. The van der Waals surface area contributed by atoms with Gasteiger partial charge in [-0.2, -0.15) is 12.7 Å². The van der Waals surface area contributed by atoms with Crippen molar-refractivity contribution in [3.8, 4) is 5.75 Å². The summed E-state index contributed by atoms with van der Waals surface area (Å²) in [6.07, 6.45) is 2.23. The van der Waals surface area contributed by atoms with Crippen molar-refractivity contribution in [2.24, 2.45) is 0 Å². The van der Waals surface area contributed by atoms with Crippen LogP contribution < -0.4 is 24.9 Å². The van der Waals surface area contributed by atoms with Crippen molar-refractivity contribution in [1.82, 2.24) is 18.8 Å². The molecule has 2 amide bonds. The van der Waals surface area contributed by atoms with Crippen LogP contribution in [-0.2, 0) is 27.9 Å². The molecule has 0 bridgehead atoms. The van der Waals surface area contributed by atoms with Gasteiger partial charge in [0, 0.05) is 82.7 Å². The standard InChI is InChI=1S/C36H48N6O8S/c1-22-16-28(41-15-14-39(5)25(19-41)21-48-6)23(2)33-31(22)26-10-13-42(20-27(26)36(45)50-33)35(44)24-17-29(40-11-8-9-12-40)32(30(18-24)49-7)34(43)37-51(46,47)38(3)4/h16-18,25H,8-15,19-21H2,1-7H3,(H,37,43)/t25-/m1/s1. The summed E-state index contributed by atoms with van der Waals surface area (Å²) in [5.74, 6) is -1.11. The zero-order chi connectivity index (χ0) is 36.8. The summed E-state index contributed by atoms with van der Waals surface area (Å²) in [6.45, 7) is 8.91. The van der Waals surface area contributed by atoms with E-state index >= 15 is 0 Å². The number of nitrogens with one attached hydrogen (secondary N) is 1. The van der Waals surface area contributed by atoms with Gasteiger partial charge in [0.05, 0.1) is 37.6 Å². The van der Waals surface area contributed by atoms with Crippen molar-refractivity contribution in [2.45, 2.75) is 45.7 Å². The molecule has 1 aromatic heterocycles. The lowest BCUT2D eigenvalue weighted by atomic mass is 9.92. The number of likely N-dealkylation sites (N-methyl/N-ethyl adjacent to an activating group) is 1. The first kappa shape index (κ1) is 36.6. The van der Waals surface area contributed by atoms with Crippen LogP contribution in [0.4, 0.5) is 11.4 Å². The van der Waals surface area contributed by atoms with Crippen molar-refractivity contribution in [1.29, 1.82) is 0 Å². The number of ether oxygens (including phenoxy) is 2. The maximum Gasteiger partial charge on any atom is 0.341 e. The van der Waals surface area contributed by atoms with Crippen LogP contribution in [0.3, 0.4) is 0 Å². The Hall–Kier alpha value is -4.18. The summed E-state index contributed by atoms with van der Waals surface area (Å²) in [4.78, 5) is 49.5. The number of fused-ring (bicyclic) bond motifs is 3. The second-order valence-corrected chi connectivity index (χ2v) is 15.8. The fraction of sp³-hybridized carbons (Fsp3) is 0.528. The Morgan fingerprint density at radius 3 is 2.37 bits per heavy atom. The molecule has 3 aliphatic heterocycles. The van der Waals surface area contributed by atoms with Crippen LogP contribution in [0.15, 0.2) is 27.4 Å². The molecule has 15 heteroatoms. The SMILES string of the molecule is COC[C@H]1CN(c2cc(C)c3c4c(c(=O)oc3c2C)CN(C(=O)c2cc(OC)c(C(=O)NS(=O)(=O)N(C)C)c(N3CCCC3)c2)CC4)CCN1C. The van der Waals surface area contributed by atoms with E-state index in [1.165, 1.54) is 27.3 Å². The lowest BCUT2D eigenvalue weighted by Gasteiger charge is -2.41. The van der Waals surface area contributed by atoms with Crippen LogP contribution >= 0.6 is 0 Å². The number of nitrogens with zero attached hydrogens (tertiary/aromatic N) is 5. The minimum atomic E-state index is -4.09. The third-order valence-corrected chi connectivity index (χ3v) is 11.9. The van der Waals surface area contributed by atoms with E-state index in [1.54, 1.807) is 18.1 Å². The van der Waals surface area contributed by atoms with E-state index in [0.717, 1.165) is 64.5 Å². The molecular formula is C36H48N6O8S. The highest BCUT2D eigenvalue weighted by atomic mass is 32.2. The fourth-order valence-corrected chi connectivity index (χ4v) is 8.07. The van der Waals surface area contributed by atoms with Crippen molar-refractivity contribution in [3.05, 3.63) is 62.0 Å². The van der Waals surface area contributed by atoms with Crippen LogP contribution in [0.5, 0.6) is 5.75 Å². The Bertz CT molecular complexity index is 2020. The molecule has 276 valence electrons. The van der Waals surface area contributed by atoms with Gasteiger partial charge < -0.3 is 28.6 Å². The predicted molar refractivity (Wildman–Crippen MR) is 195 cm³/mol. The van der Waals surface area contributed by atoms with Crippen LogP contribution in [0, 0.1) is 13.8 Å². The quantitative estimate of drug-likeness (QED) is 0.325. The van der Waals surface area contributed by atoms with Gasteiger partial charge in [-0.1, -0.05) is 0 Å². The number of hydrogen-bond donors (Lipinski definition) is 1. The molecule has 14 nitrogen and oxygen atoms in total. The molecule has 2 saturated heterocycles. The van der Waals surface area contributed by atoms with E-state index in [9.17, 15) is 22.8 Å². The second kappa shape index (κ2) is 14.4. The molecule has 1 N–H and O–H groups in total. The monoisotopic (exact) mass is 724 g/mol. The number of anilines is 2. The summed E-state index contributed by atoms with van der Waals surface area (Å²) >= 11 is 0. The van der Waals surface area contributed by atoms with E-state index < -0.39 is 21.7 Å². The van der Waals surface area contributed by atoms with Crippen molar-refractivity contribution >= 4 is 44.4 Å². The molecule has 0 unspecified atom stereocenters. The topological polar surface area (TPSA) is 145 Å². The van der Waals surface area contributed by atoms with Gasteiger partial charge in [0.15, 0.2) is 0 Å². The molecule has 0 saturated carbocycles. The van der Waals surface area contributed by atoms with E-state index in [4.69, 9.17) is 13.9 Å². The van der Waals surface area contributed by atoms with Gasteiger partial charge in [-0.3, -0.25) is 14.5 Å². The molecular weight excluding hydrogens is 676 g/mol. The number of hydrogen-bond acceptors (Lipinski definition) is 11. The summed E-state index contributed by atoms with van der Waals surface area (Å²) in [5.41, 5.74) is 5.17. The molecule has 2 fully saturated rings. The zero-order valence-electron chi connectivity index (χ0n) is 30.5. The third kappa shape index (κ3) is 6.91. The number of benzene rings is 2. The lowest BCUT2D eigenvalue weighted by molar-refractivity contribution is 0.0732. The van der Waals surface area contributed by atoms with Gasteiger partial charge in [-0.15, -0.1) is 0 Å². The number of aryl methyl sites for hydroxylation is 2. The number of rotatable bonds is 9. The average molecular weight is 725 g/mol. The van der Waals surface area contributed by atoms with Crippen LogP contribution in [0.1, 0.15) is 55.8 Å². The molecule has 1 atom stereocenters. The second-order valence-electron chi connectivity index (χ2n) is 13.9. The first-order valence-corrected chi connectivity index (χ1v) is 18.7. The Morgan fingerprint density at radius 1 is 0.980 bits per heavy atom. The van der Waals surface area contributed by atoms with E-state index in [1.807, 2.05) is 18.7 Å². The first-order chi connectivity index (χ1) is 24.2. The van der Waals surface area contributed by atoms with Gasteiger partial charge in [0.1, 0.15) is 16.9 Å². The molecule has 0 aliphatic carbocycles. The molecule has 2 aromatic carbocycles. The number of carbonyl (C=O) groups is 2. The Morgan fingerprint density at radius 2 is 1.71 bits per heavy atom. The van der Waals surface area contributed by atoms with Crippen molar-refractivity contribution < 1.29 is 31.9 Å². The van der Waals surface area contributed by atoms with Crippen molar-refractivity contribution in [2.75, 3.05) is 91.0 Å². The van der Waals surface area contributed by atoms with E-state index in [2.05, 4.69) is 27.6 Å². The largest absolute Gasteiger partial charge is 0.496 e. The van der Waals surface area contributed by atoms with Crippen LogP contribution in [-0.4, -0.2) is 122 Å². The van der Waals surface area contributed by atoms with E-state index in [0.29, 0.717) is 49.5 Å². The van der Waals surface area contributed by atoms with Gasteiger partial charge in [0.2, 0.25) is 0 Å². The third-order valence-electron chi connectivity index (χ3n) is 10.5. The molecule has 4 heterocycles. The normalized spacial score (nSPS) is 18.4. The summed E-state index contributed by atoms with van der Waals surface area (Å²) in [6, 6.07) is 5.51. The Kier molecular flexibility index (Phi) is 10.4. The minimum Gasteiger partial charge on any atom is -0.496 e. The zero-order valence-corrected chi connectivity index (χ0v) is 31.3. The fourth-order valence-electron chi connectivity index (χ4n) is 7.55. The van der Waals surface area contributed by atoms with Crippen LogP contribution in [0.25, 0.3) is 11.0 Å². The molecule has 3 aliphatic rings. The average Bonchev–Trinajstić information content (AvgIpc) is 3.65. The Balaban J connectivity index is 1.33. The maximum atomic E-state index is 14.2. The number of amides is 2. The minimum absolute atomic E-state index is 0.0356. The van der Waals surface area contributed by atoms with Crippen LogP contribution in [0.2, 0.25) is 0 Å². The highest BCUT2D eigenvalue weighted by molar-refractivity contribution is 7.87. The van der Waals surface area contributed by atoms with Gasteiger partial charge >= 0.3 is 15.8 Å². The summed E-state index contributed by atoms with van der Waals surface area (Å²) < 4.78 is 45.2. The van der Waals surface area contributed by atoms with Crippen molar-refractivity contribution in [3.63, 3.8) is 0 Å². The lowest BCUT2D eigenvalue weighted by Crippen LogP contribution is -2.53. The number of carbonyl (C=O) groups excluding carboxylic acids is 2. The van der Waals surface area contributed by atoms with Gasteiger partial charge in [-0.25, -0.2) is 9.52 Å². The molecule has 3 aromatic rings. The number of methoxy groups -OCH3 is 2. The molecule has 6 rings (SSSR count). The first-order valence-electron chi connectivity index (χ1n) is 17.3. The highest BCUT2D eigenvalue weighted by Crippen LogP contribution is 2.38. The summed E-state index contributed by atoms with van der Waals surface area (Å²) in [7, 11) is 3.76. The van der Waals surface area contributed by atoms with Gasteiger partial charge in [-0.05, 0) is 69.5 Å². The molecule has 0 radical (unpaired) electrons. The van der Waals surface area contributed by atoms with Gasteiger partial charge in [0.25, 0.3) is 11.8 Å². The highest BCUT2D eigenvalue weighted by Gasteiger charge is 2.33. The summed E-state index contributed by atoms with van der Waals surface area (Å²) in [5, 5.41) is 0.918. The van der Waals surface area contributed by atoms with E-state index in [-0.39, 0.29) is 35.4 Å².